The van der Waals surface area contributed by atoms with Crippen molar-refractivity contribution in [3.63, 3.8) is 0 Å². The Bertz CT molecular complexity index is 941. The molecule has 0 aromatic carbocycles. The van der Waals surface area contributed by atoms with Gasteiger partial charge in [0.15, 0.2) is 6.10 Å². The van der Waals surface area contributed by atoms with Gasteiger partial charge in [0.05, 0.1) is 0 Å². The third-order valence-electron chi connectivity index (χ3n) is 9.88. The summed E-state index contributed by atoms with van der Waals surface area (Å²) in [6.07, 6.45) is 28.5. The predicted molar refractivity (Wildman–Crippen MR) is 209 cm³/mol. The molecule has 10 nitrogen and oxygen atoms in total. The van der Waals surface area contributed by atoms with Crippen LogP contribution in [0.3, 0.4) is 0 Å². The highest BCUT2D eigenvalue weighted by Crippen LogP contribution is 2.17. The lowest BCUT2D eigenvalue weighted by Crippen LogP contribution is -2.55. The van der Waals surface area contributed by atoms with Crippen molar-refractivity contribution in [2.45, 2.75) is 232 Å². The van der Waals surface area contributed by atoms with Gasteiger partial charge in [0, 0.05) is 12.8 Å². The Hall–Kier alpha value is -2.65. The molecule has 3 atom stereocenters. The molecule has 0 aliphatic carbocycles. The summed E-state index contributed by atoms with van der Waals surface area (Å²) in [5.74, 6) is -4.64. The third-order valence-corrected chi connectivity index (χ3v) is 9.88. The summed E-state index contributed by atoms with van der Waals surface area (Å²) in [6, 6.07) is -2.49. The van der Waals surface area contributed by atoms with Crippen molar-refractivity contribution in [2.24, 2.45) is 5.92 Å². The van der Waals surface area contributed by atoms with E-state index >= 15 is 0 Å². The first-order chi connectivity index (χ1) is 25.0. The van der Waals surface area contributed by atoms with Crippen LogP contribution in [-0.2, 0) is 28.7 Å². The van der Waals surface area contributed by atoms with Crippen LogP contribution in [0.15, 0.2) is 0 Å². The molecule has 52 heavy (non-hydrogen) atoms. The number of esters is 1. The maximum absolute atomic E-state index is 13.5. The number of carbonyl (C=O) groups is 5. The van der Waals surface area contributed by atoms with Gasteiger partial charge in [0.2, 0.25) is 5.91 Å². The molecule has 0 saturated heterocycles. The van der Waals surface area contributed by atoms with Crippen LogP contribution in [0, 0.1) is 5.92 Å². The van der Waals surface area contributed by atoms with Crippen molar-refractivity contribution >= 4 is 29.7 Å². The van der Waals surface area contributed by atoms with E-state index in [2.05, 4.69) is 24.5 Å². The Morgan fingerprint density at radius 3 is 1.29 bits per heavy atom. The first-order valence-electron chi connectivity index (χ1n) is 21.3. The summed E-state index contributed by atoms with van der Waals surface area (Å²) >= 11 is 0. The molecule has 0 spiro atoms. The molecule has 10 heteroatoms. The van der Waals surface area contributed by atoms with Crippen molar-refractivity contribution in [1.82, 2.24) is 10.6 Å². The largest absolute Gasteiger partial charge is 0.481 e. The van der Waals surface area contributed by atoms with Crippen LogP contribution in [0.1, 0.15) is 214 Å². The van der Waals surface area contributed by atoms with Crippen LogP contribution in [0.25, 0.3) is 0 Å². The molecule has 0 rings (SSSR count). The van der Waals surface area contributed by atoms with Gasteiger partial charge in [0.25, 0.3) is 5.91 Å². The molecule has 4 N–H and O–H groups in total. The number of amides is 2. The number of ether oxygens (including phenoxy) is 1. The lowest BCUT2D eigenvalue weighted by Gasteiger charge is -2.26. The van der Waals surface area contributed by atoms with Crippen molar-refractivity contribution in [3.8, 4) is 0 Å². The number of hydrogen-bond donors (Lipinski definition) is 4. The fourth-order valence-corrected chi connectivity index (χ4v) is 6.49. The minimum atomic E-state index is -1.41. The van der Waals surface area contributed by atoms with E-state index in [9.17, 15) is 29.1 Å². The average Bonchev–Trinajstić information content (AvgIpc) is 3.10. The molecule has 0 fully saturated rings. The summed E-state index contributed by atoms with van der Waals surface area (Å²) in [5, 5.41) is 23.5. The number of carboxylic acids is 2. The zero-order valence-electron chi connectivity index (χ0n) is 33.7. The number of nitrogens with one attached hydrogen (secondary N) is 2. The van der Waals surface area contributed by atoms with Crippen LogP contribution in [-0.4, -0.2) is 58.1 Å². The molecule has 0 radical (unpaired) electrons. The zero-order chi connectivity index (χ0) is 38.8. The number of hydrogen-bond acceptors (Lipinski definition) is 6. The first kappa shape index (κ1) is 49.4. The highest BCUT2D eigenvalue weighted by atomic mass is 16.5. The summed E-state index contributed by atoms with van der Waals surface area (Å²) in [4.78, 5) is 62.1. The van der Waals surface area contributed by atoms with Gasteiger partial charge in [-0.15, -0.1) is 0 Å². The second-order valence-electron chi connectivity index (χ2n) is 15.2. The van der Waals surface area contributed by atoms with E-state index in [-0.39, 0.29) is 12.8 Å². The minimum absolute atomic E-state index is 0.234. The topological polar surface area (TPSA) is 159 Å². The van der Waals surface area contributed by atoms with Crippen molar-refractivity contribution in [1.29, 1.82) is 0 Å². The summed E-state index contributed by atoms with van der Waals surface area (Å²) in [7, 11) is 0. The molecule has 304 valence electrons. The number of rotatable bonds is 37. The Kier molecular flexibility index (Phi) is 32.4. The zero-order valence-corrected chi connectivity index (χ0v) is 33.7. The summed E-state index contributed by atoms with van der Waals surface area (Å²) < 4.78 is 5.72. The second kappa shape index (κ2) is 34.1. The molecule has 0 aliphatic heterocycles. The Morgan fingerprint density at radius 1 is 0.500 bits per heavy atom. The smallest absolute Gasteiger partial charge is 0.326 e. The Morgan fingerprint density at radius 2 is 0.904 bits per heavy atom. The maximum atomic E-state index is 13.5. The quantitative estimate of drug-likeness (QED) is 0.0362. The molecule has 0 heterocycles. The van der Waals surface area contributed by atoms with Gasteiger partial charge >= 0.3 is 17.9 Å². The van der Waals surface area contributed by atoms with Crippen molar-refractivity contribution in [3.05, 3.63) is 0 Å². The van der Waals surface area contributed by atoms with Gasteiger partial charge in [-0.3, -0.25) is 19.2 Å². The molecule has 0 aromatic heterocycles. The van der Waals surface area contributed by atoms with Crippen LogP contribution >= 0.6 is 0 Å². The molecule has 0 aliphatic rings. The van der Waals surface area contributed by atoms with E-state index in [1.807, 2.05) is 0 Å². The summed E-state index contributed by atoms with van der Waals surface area (Å²) in [6.45, 7) is 7.91. The van der Waals surface area contributed by atoms with E-state index in [1.165, 1.54) is 109 Å². The molecule has 0 bridgehead atoms. The third kappa shape index (κ3) is 28.9. The molecular weight excluding hydrogens is 660 g/mol. The lowest BCUT2D eigenvalue weighted by molar-refractivity contribution is -0.157. The van der Waals surface area contributed by atoms with E-state index in [4.69, 9.17) is 9.84 Å². The Labute approximate surface area is 316 Å². The van der Waals surface area contributed by atoms with Gasteiger partial charge in [-0.05, 0) is 31.6 Å². The summed E-state index contributed by atoms with van der Waals surface area (Å²) in [5.41, 5.74) is 0. The van der Waals surface area contributed by atoms with E-state index < -0.39 is 60.2 Å². The highest BCUT2D eigenvalue weighted by molar-refractivity contribution is 5.92. The SMILES string of the molecule is CCCCCCCCCCCCCCCC(=O)OC(CCCCCCCCCCCCCC)C(=O)NC(C(=O)NC(CCC(=O)O)C(=O)O)C(C)C. The fourth-order valence-electron chi connectivity index (χ4n) is 6.49. The van der Waals surface area contributed by atoms with Crippen LogP contribution in [0.5, 0.6) is 0 Å². The number of carboxylic acid groups (broad SMARTS) is 2. The first-order valence-corrected chi connectivity index (χ1v) is 21.3. The molecule has 2 amide bonds. The van der Waals surface area contributed by atoms with E-state index in [0.29, 0.717) is 19.3 Å². The van der Waals surface area contributed by atoms with Gasteiger partial charge in [-0.1, -0.05) is 175 Å². The molecule has 0 saturated carbocycles. The van der Waals surface area contributed by atoms with Crippen molar-refractivity contribution in [2.75, 3.05) is 0 Å². The van der Waals surface area contributed by atoms with Crippen LogP contribution in [0.4, 0.5) is 0 Å². The number of carbonyl (C=O) groups excluding carboxylic acids is 3. The molecule has 0 aromatic rings. The predicted octanol–water partition coefficient (Wildman–Crippen LogP) is 10.0. The number of unbranched alkanes of at least 4 members (excludes halogenated alkanes) is 23. The van der Waals surface area contributed by atoms with Crippen LogP contribution < -0.4 is 10.6 Å². The van der Waals surface area contributed by atoms with Gasteiger partial charge in [-0.2, -0.15) is 0 Å². The van der Waals surface area contributed by atoms with Crippen molar-refractivity contribution < 1.29 is 38.9 Å². The second-order valence-corrected chi connectivity index (χ2v) is 15.2. The average molecular weight is 739 g/mol. The fraction of sp³-hybridized carbons (Fsp3) is 0.881. The van der Waals surface area contributed by atoms with Crippen LogP contribution in [0.2, 0.25) is 0 Å². The lowest BCUT2D eigenvalue weighted by atomic mass is 10.0. The van der Waals surface area contributed by atoms with E-state index in [1.54, 1.807) is 13.8 Å². The maximum Gasteiger partial charge on any atom is 0.326 e. The van der Waals surface area contributed by atoms with Gasteiger partial charge in [0.1, 0.15) is 12.1 Å². The monoisotopic (exact) mass is 739 g/mol. The molecular formula is C42H78N2O8. The minimum Gasteiger partial charge on any atom is -0.481 e. The normalized spacial score (nSPS) is 13.0. The van der Waals surface area contributed by atoms with E-state index in [0.717, 1.165) is 38.5 Å². The Balaban J connectivity index is 4.93. The van der Waals surface area contributed by atoms with Gasteiger partial charge < -0.3 is 25.6 Å². The highest BCUT2D eigenvalue weighted by Gasteiger charge is 2.32. The standard InChI is InChI=1S/C42H78N2O8/c1-5-7-9-11-13-15-17-19-21-23-25-27-29-31-38(47)52-36(30-28-26-24-22-20-18-16-14-12-10-8-6-2)40(48)44-39(34(3)4)41(49)43-35(42(50)51)32-33-37(45)46/h34-36,39H,5-33H2,1-4H3,(H,43,49)(H,44,48)(H,45,46)(H,50,51). The van der Waals surface area contributed by atoms with Gasteiger partial charge in [-0.25, -0.2) is 4.79 Å². The molecule has 3 unspecified atom stereocenters. The number of aliphatic carboxylic acids is 2.